The molecule has 0 aromatic heterocycles. The first-order chi connectivity index (χ1) is 10.5. The third-order valence-electron chi connectivity index (χ3n) is 3.88. The summed E-state index contributed by atoms with van der Waals surface area (Å²) in [4.78, 5) is 21.9. The summed E-state index contributed by atoms with van der Waals surface area (Å²) in [7, 11) is 0. The predicted octanol–water partition coefficient (Wildman–Crippen LogP) is 3.34. The number of aliphatic carboxylic acids is 1. The Morgan fingerprint density at radius 1 is 1.27 bits per heavy atom. The lowest BCUT2D eigenvalue weighted by Gasteiger charge is -2.24. The molecule has 1 atom stereocenters. The standard InChI is InChI=1S/C16H13NO5/c1-9(16(18)19)10-4-2-6-12-11-5-3-7-14(17(20)21)13(11)8-22-15(10)12/h2-7,9H,8H2,1H3,(H,18,19). The number of nitro benzene ring substituents is 1. The molecule has 6 nitrogen and oxygen atoms in total. The van der Waals surface area contributed by atoms with Crippen molar-refractivity contribution < 1.29 is 19.6 Å². The first-order valence-electron chi connectivity index (χ1n) is 6.76. The second-order valence-corrected chi connectivity index (χ2v) is 5.13. The summed E-state index contributed by atoms with van der Waals surface area (Å²) in [5, 5.41) is 20.3. The number of carboxylic acids is 1. The second kappa shape index (κ2) is 5.14. The number of ether oxygens (including phenoxy) is 1. The number of benzene rings is 2. The van der Waals surface area contributed by atoms with Crippen molar-refractivity contribution in [3.05, 3.63) is 57.6 Å². The fourth-order valence-corrected chi connectivity index (χ4v) is 2.70. The largest absolute Gasteiger partial charge is 0.488 e. The van der Waals surface area contributed by atoms with Gasteiger partial charge in [-0.3, -0.25) is 14.9 Å². The summed E-state index contributed by atoms with van der Waals surface area (Å²) in [6, 6.07) is 10.1. The molecule has 1 N–H and O–H groups in total. The van der Waals surface area contributed by atoms with Crippen molar-refractivity contribution in [1.29, 1.82) is 0 Å². The normalized spacial score (nSPS) is 13.5. The number of fused-ring (bicyclic) bond motifs is 3. The van der Waals surface area contributed by atoms with Crippen LogP contribution in [-0.2, 0) is 11.4 Å². The highest BCUT2D eigenvalue weighted by atomic mass is 16.6. The molecule has 1 aliphatic rings. The Labute approximate surface area is 126 Å². The molecule has 0 fully saturated rings. The van der Waals surface area contributed by atoms with E-state index in [1.165, 1.54) is 6.07 Å². The Kier molecular flexibility index (Phi) is 3.29. The lowest BCUT2D eigenvalue weighted by Crippen LogP contribution is -2.14. The topological polar surface area (TPSA) is 89.7 Å². The van der Waals surface area contributed by atoms with Gasteiger partial charge in [0.1, 0.15) is 12.4 Å². The summed E-state index contributed by atoms with van der Waals surface area (Å²) in [5.41, 5.74) is 2.51. The van der Waals surface area contributed by atoms with Gasteiger partial charge >= 0.3 is 5.97 Å². The zero-order chi connectivity index (χ0) is 15.9. The molecule has 2 aromatic carbocycles. The molecule has 1 aliphatic heterocycles. The van der Waals surface area contributed by atoms with Gasteiger partial charge in [-0.1, -0.05) is 30.3 Å². The highest BCUT2D eigenvalue weighted by Crippen LogP contribution is 2.44. The van der Waals surface area contributed by atoms with E-state index < -0.39 is 16.8 Å². The van der Waals surface area contributed by atoms with Gasteiger partial charge in [0.15, 0.2) is 0 Å². The number of hydrogen-bond acceptors (Lipinski definition) is 4. The van der Waals surface area contributed by atoms with Crippen LogP contribution < -0.4 is 4.74 Å². The molecule has 0 saturated carbocycles. The summed E-state index contributed by atoms with van der Waals surface area (Å²) in [6.45, 7) is 1.65. The van der Waals surface area contributed by atoms with Gasteiger partial charge in [-0.15, -0.1) is 0 Å². The number of hydrogen-bond donors (Lipinski definition) is 1. The van der Waals surface area contributed by atoms with Crippen molar-refractivity contribution in [2.24, 2.45) is 0 Å². The molecule has 0 aliphatic carbocycles. The van der Waals surface area contributed by atoms with Crippen LogP contribution in [-0.4, -0.2) is 16.0 Å². The molecule has 3 rings (SSSR count). The van der Waals surface area contributed by atoms with Gasteiger partial charge < -0.3 is 9.84 Å². The van der Waals surface area contributed by atoms with E-state index in [-0.39, 0.29) is 12.3 Å². The summed E-state index contributed by atoms with van der Waals surface area (Å²) >= 11 is 0. The van der Waals surface area contributed by atoms with Gasteiger partial charge in [0.05, 0.1) is 16.4 Å². The SMILES string of the molecule is CC(C(=O)O)c1cccc2c1OCc1c-2cccc1[N+](=O)[O-]. The van der Waals surface area contributed by atoms with Crippen LogP contribution in [0.1, 0.15) is 24.0 Å². The van der Waals surface area contributed by atoms with Gasteiger partial charge in [0, 0.05) is 17.2 Å². The predicted molar refractivity (Wildman–Crippen MR) is 78.9 cm³/mol. The molecule has 0 radical (unpaired) electrons. The molecular weight excluding hydrogens is 286 g/mol. The van der Waals surface area contributed by atoms with E-state index in [0.29, 0.717) is 22.4 Å². The van der Waals surface area contributed by atoms with Crippen LogP contribution >= 0.6 is 0 Å². The zero-order valence-electron chi connectivity index (χ0n) is 11.8. The van der Waals surface area contributed by atoms with Crippen LogP contribution in [0.25, 0.3) is 11.1 Å². The van der Waals surface area contributed by atoms with Crippen molar-refractivity contribution in [3.63, 3.8) is 0 Å². The van der Waals surface area contributed by atoms with E-state index >= 15 is 0 Å². The van der Waals surface area contributed by atoms with Gasteiger partial charge in [0.2, 0.25) is 0 Å². The van der Waals surface area contributed by atoms with E-state index in [9.17, 15) is 20.0 Å². The van der Waals surface area contributed by atoms with Crippen molar-refractivity contribution in [2.45, 2.75) is 19.4 Å². The Balaban J connectivity index is 2.21. The van der Waals surface area contributed by atoms with E-state index in [2.05, 4.69) is 0 Å². The van der Waals surface area contributed by atoms with Gasteiger partial charge in [-0.05, 0) is 12.5 Å². The maximum absolute atomic E-state index is 11.2. The molecule has 0 bridgehead atoms. The van der Waals surface area contributed by atoms with Crippen LogP contribution in [0.2, 0.25) is 0 Å². The number of rotatable bonds is 3. The van der Waals surface area contributed by atoms with Gasteiger partial charge in [0.25, 0.3) is 5.69 Å². The Morgan fingerprint density at radius 2 is 1.95 bits per heavy atom. The van der Waals surface area contributed by atoms with Crippen molar-refractivity contribution in [3.8, 4) is 16.9 Å². The van der Waals surface area contributed by atoms with Crippen LogP contribution in [0.5, 0.6) is 5.75 Å². The second-order valence-electron chi connectivity index (χ2n) is 5.13. The van der Waals surface area contributed by atoms with E-state index in [4.69, 9.17) is 4.74 Å². The number of para-hydroxylation sites is 1. The highest BCUT2D eigenvalue weighted by Gasteiger charge is 2.28. The number of nitro groups is 1. The van der Waals surface area contributed by atoms with Crippen molar-refractivity contribution >= 4 is 11.7 Å². The molecule has 1 heterocycles. The van der Waals surface area contributed by atoms with Crippen LogP contribution in [0.3, 0.4) is 0 Å². The van der Waals surface area contributed by atoms with E-state index in [0.717, 1.165) is 5.56 Å². The third kappa shape index (κ3) is 2.09. The maximum atomic E-state index is 11.2. The monoisotopic (exact) mass is 299 g/mol. The number of carboxylic acid groups (broad SMARTS) is 1. The first kappa shape index (κ1) is 14.1. The van der Waals surface area contributed by atoms with Crippen LogP contribution in [0.4, 0.5) is 5.69 Å². The Bertz CT molecular complexity index is 784. The molecule has 0 saturated heterocycles. The molecular formula is C16H13NO5. The molecule has 112 valence electrons. The van der Waals surface area contributed by atoms with Crippen molar-refractivity contribution in [1.82, 2.24) is 0 Å². The van der Waals surface area contributed by atoms with Crippen LogP contribution in [0.15, 0.2) is 36.4 Å². The number of carbonyl (C=O) groups is 1. The van der Waals surface area contributed by atoms with E-state index in [1.54, 1.807) is 37.3 Å². The quantitative estimate of drug-likeness (QED) is 0.693. The minimum atomic E-state index is -0.943. The molecule has 22 heavy (non-hydrogen) atoms. The molecule has 6 heteroatoms. The number of nitrogens with zero attached hydrogens (tertiary/aromatic N) is 1. The fourth-order valence-electron chi connectivity index (χ4n) is 2.70. The summed E-state index contributed by atoms with van der Waals surface area (Å²) < 4.78 is 5.68. The smallest absolute Gasteiger partial charge is 0.310 e. The molecule has 0 spiro atoms. The Hall–Kier alpha value is -2.89. The zero-order valence-corrected chi connectivity index (χ0v) is 11.8. The average molecular weight is 299 g/mol. The maximum Gasteiger partial charge on any atom is 0.310 e. The van der Waals surface area contributed by atoms with Gasteiger partial charge in [-0.2, -0.15) is 0 Å². The summed E-state index contributed by atoms with van der Waals surface area (Å²) in [6.07, 6.45) is 0. The van der Waals surface area contributed by atoms with Gasteiger partial charge in [-0.25, -0.2) is 0 Å². The summed E-state index contributed by atoms with van der Waals surface area (Å²) in [5.74, 6) is -1.16. The third-order valence-corrected chi connectivity index (χ3v) is 3.88. The lowest BCUT2D eigenvalue weighted by atomic mass is 9.90. The highest BCUT2D eigenvalue weighted by molar-refractivity contribution is 5.83. The van der Waals surface area contributed by atoms with Crippen molar-refractivity contribution in [2.75, 3.05) is 0 Å². The lowest BCUT2D eigenvalue weighted by molar-refractivity contribution is -0.385. The first-order valence-corrected chi connectivity index (χ1v) is 6.76. The average Bonchev–Trinajstić information content (AvgIpc) is 2.52. The molecule has 2 aromatic rings. The molecule has 0 amide bonds. The minimum absolute atomic E-state index is 0.0137. The van der Waals surface area contributed by atoms with Crippen LogP contribution in [0, 0.1) is 10.1 Å². The Morgan fingerprint density at radius 3 is 2.64 bits per heavy atom. The van der Waals surface area contributed by atoms with E-state index in [1.807, 2.05) is 0 Å². The fraction of sp³-hybridized carbons (Fsp3) is 0.188. The molecule has 1 unspecified atom stereocenters. The minimum Gasteiger partial charge on any atom is -0.488 e.